The van der Waals surface area contributed by atoms with Crippen LogP contribution in [0.2, 0.25) is 0 Å². The average Bonchev–Trinajstić information content (AvgIpc) is 3.07. The predicted octanol–water partition coefficient (Wildman–Crippen LogP) is 4.15. The topological polar surface area (TPSA) is 120 Å². The summed E-state index contributed by atoms with van der Waals surface area (Å²) in [5.41, 5.74) is 1.52. The highest BCUT2D eigenvalue weighted by Gasteiger charge is 2.35. The van der Waals surface area contributed by atoms with Crippen molar-refractivity contribution in [2.45, 2.75) is 76.2 Å². The summed E-state index contributed by atoms with van der Waals surface area (Å²) in [6.07, 6.45) is 6.76. The van der Waals surface area contributed by atoms with Crippen molar-refractivity contribution in [1.29, 1.82) is 0 Å². The van der Waals surface area contributed by atoms with Crippen molar-refractivity contribution < 1.29 is 19.7 Å². The highest BCUT2D eigenvalue weighted by Crippen LogP contribution is 2.34. The summed E-state index contributed by atoms with van der Waals surface area (Å²) in [5, 5.41) is 29.2. The molecule has 0 spiro atoms. The number of nitrogens with one attached hydrogen (secondary N) is 2. The van der Waals surface area contributed by atoms with Crippen LogP contribution >= 0.6 is 0 Å². The average molecular weight is 606 g/mol. The zero-order valence-corrected chi connectivity index (χ0v) is 26.0. The zero-order valence-electron chi connectivity index (χ0n) is 26.0. The molecule has 4 atom stereocenters. The van der Waals surface area contributed by atoms with E-state index in [1.165, 1.54) is 19.3 Å². The molecular weight excluding hydrogens is 558 g/mol. The van der Waals surface area contributed by atoms with E-state index >= 15 is 0 Å². The van der Waals surface area contributed by atoms with E-state index in [0.29, 0.717) is 55.0 Å². The van der Waals surface area contributed by atoms with Crippen LogP contribution in [0.15, 0.2) is 58.1 Å². The second-order valence-electron chi connectivity index (χ2n) is 12.5. The number of anilines is 2. The van der Waals surface area contributed by atoms with Crippen LogP contribution in [0.25, 0.3) is 0 Å². The van der Waals surface area contributed by atoms with Gasteiger partial charge in [0.2, 0.25) is 0 Å². The van der Waals surface area contributed by atoms with Gasteiger partial charge >= 0.3 is 0 Å². The molecule has 4 N–H and O–H groups in total. The normalized spacial score (nSPS) is 19.8. The van der Waals surface area contributed by atoms with Gasteiger partial charge in [-0.25, -0.2) is 0 Å². The van der Waals surface area contributed by atoms with Crippen LogP contribution in [-0.4, -0.2) is 56.2 Å². The number of benzene rings is 2. The third-order valence-electron chi connectivity index (χ3n) is 9.45. The molecule has 3 aromatic carbocycles. The number of rotatable bonds is 14. The van der Waals surface area contributed by atoms with E-state index in [9.17, 15) is 19.8 Å². The summed E-state index contributed by atoms with van der Waals surface area (Å²) in [5.74, 6) is 1.80. The smallest absolute Gasteiger partial charge is 0.253 e. The van der Waals surface area contributed by atoms with E-state index in [4.69, 9.17) is 9.47 Å². The van der Waals surface area contributed by atoms with Gasteiger partial charge in [0.1, 0.15) is 22.9 Å². The van der Waals surface area contributed by atoms with E-state index in [0.717, 1.165) is 43.2 Å². The lowest BCUT2D eigenvalue weighted by Gasteiger charge is -2.38. The Bertz CT molecular complexity index is 1390. The van der Waals surface area contributed by atoms with Crippen molar-refractivity contribution in [2.24, 2.45) is 11.8 Å². The van der Waals surface area contributed by atoms with Gasteiger partial charge < -0.3 is 35.2 Å². The number of aliphatic hydroxyl groups is 2. The van der Waals surface area contributed by atoms with E-state index < -0.39 is 23.1 Å². The van der Waals surface area contributed by atoms with Crippen molar-refractivity contribution in [3.8, 4) is 11.5 Å². The van der Waals surface area contributed by atoms with Crippen LogP contribution in [0.3, 0.4) is 0 Å². The number of methoxy groups -OCH3 is 2. The molecule has 0 amide bonds. The third kappa shape index (κ3) is 7.62. The first-order valence-electron chi connectivity index (χ1n) is 16.1. The number of nitrogens with zero attached hydrogens (tertiary/aromatic N) is 1. The van der Waals surface area contributed by atoms with Crippen LogP contribution in [0.4, 0.5) is 11.4 Å². The molecule has 3 aromatic rings. The predicted molar refractivity (Wildman–Crippen MR) is 174 cm³/mol. The van der Waals surface area contributed by atoms with Gasteiger partial charge in [-0.2, -0.15) is 0 Å². The first-order valence-corrected chi connectivity index (χ1v) is 16.1. The summed E-state index contributed by atoms with van der Waals surface area (Å²) < 4.78 is 10.8. The molecule has 4 unspecified atom stereocenters. The second kappa shape index (κ2) is 15.1. The Morgan fingerprint density at radius 1 is 0.909 bits per heavy atom. The van der Waals surface area contributed by atoms with Crippen molar-refractivity contribution in [2.75, 3.05) is 44.1 Å². The fourth-order valence-corrected chi connectivity index (χ4v) is 6.96. The van der Waals surface area contributed by atoms with E-state index in [1.807, 2.05) is 53.4 Å². The summed E-state index contributed by atoms with van der Waals surface area (Å²) in [6.45, 7) is 1.96. The summed E-state index contributed by atoms with van der Waals surface area (Å²) >= 11 is 0. The third-order valence-corrected chi connectivity index (χ3v) is 9.45. The van der Waals surface area contributed by atoms with Crippen molar-refractivity contribution >= 4 is 11.4 Å². The second-order valence-corrected chi connectivity index (χ2v) is 12.5. The summed E-state index contributed by atoms with van der Waals surface area (Å²) in [4.78, 5) is 27.9. The van der Waals surface area contributed by atoms with Gasteiger partial charge in [-0.15, -0.1) is 0 Å². The molecule has 0 aromatic heterocycles. The minimum absolute atomic E-state index is 0.0496. The molecule has 9 heteroatoms. The molecule has 5 rings (SSSR count). The van der Waals surface area contributed by atoms with Gasteiger partial charge in [-0.3, -0.25) is 9.59 Å². The van der Waals surface area contributed by atoms with E-state index in [1.54, 1.807) is 14.2 Å². The standard InChI is InChI=1S/C35H47N3O6/c1-43-27-16-24(17-28(19-27)44-2)20-36-21-30(39)29(18-23-10-5-3-6-11-23)37-31-32(35(42)34(31)41)38-15-9-14-26(22-38)33(40)25-12-7-4-8-13-25/h4,7-8,12-13,16-17,19,23,26,29-30,33,36-37,39-40H,3,5-6,9-11,14-15,18,20-22H2,1-2H3. The van der Waals surface area contributed by atoms with E-state index in [-0.39, 0.29) is 12.0 Å². The van der Waals surface area contributed by atoms with Crippen molar-refractivity contribution in [3.63, 3.8) is 0 Å². The van der Waals surface area contributed by atoms with Gasteiger partial charge in [0.05, 0.1) is 32.5 Å². The molecule has 1 heterocycles. The summed E-state index contributed by atoms with van der Waals surface area (Å²) in [6, 6.07) is 14.9. The maximum Gasteiger partial charge on any atom is 0.253 e. The van der Waals surface area contributed by atoms with Crippen LogP contribution in [-0.2, 0) is 6.54 Å². The number of hydrogen-bond acceptors (Lipinski definition) is 9. The van der Waals surface area contributed by atoms with Crippen LogP contribution < -0.4 is 35.9 Å². The minimum Gasteiger partial charge on any atom is -0.497 e. The van der Waals surface area contributed by atoms with Gasteiger partial charge in [0.15, 0.2) is 0 Å². The number of hydrogen-bond donors (Lipinski definition) is 4. The molecule has 2 aliphatic rings. The maximum atomic E-state index is 13.0. The van der Waals surface area contributed by atoms with E-state index in [2.05, 4.69) is 10.6 Å². The Morgan fingerprint density at radius 2 is 1.61 bits per heavy atom. The Labute approximate surface area is 259 Å². The summed E-state index contributed by atoms with van der Waals surface area (Å²) in [7, 11) is 3.23. The lowest BCUT2D eigenvalue weighted by molar-refractivity contribution is 0.0981. The molecule has 0 bridgehead atoms. The first-order chi connectivity index (χ1) is 21.4. The van der Waals surface area contributed by atoms with Crippen LogP contribution in [0.1, 0.15) is 68.6 Å². The SMILES string of the molecule is COc1cc(CNCC(O)C(CC2CCCCC2)Nc2c(N3CCCC(C(O)c4ccccc4)C3)c(=O)c2=O)cc(OC)c1. The van der Waals surface area contributed by atoms with Crippen molar-refractivity contribution in [1.82, 2.24) is 5.32 Å². The molecule has 1 aliphatic heterocycles. The van der Waals surface area contributed by atoms with Gasteiger partial charge in [-0.1, -0.05) is 62.4 Å². The molecule has 9 nitrogen and oxygen atoms in total. The molecule has 1 saturated carbocycles. The fraction of sp³-hybridized carbons (Fsp3) is 0.543. The van der Waals surface area contributed by atoms with Gasteiger partial charge in [0, 0.05) is 38.2 Å². The highest BCUT2D eigenvalue weighted by atomic mass is 16.5. The molecule has 2 fully saturated rings. The maximum absolute atomic E-state index is 13.0. The largest absolute Gasteiger partial charge is 0.497 e. The lowest BCUT2D eigenvalue weighted by atomic mass is 9.83. The van der Waals surface area contributed by atoms with Crippen LogP contribution in [0.5, 0.6) is 11.5 Å². The molecule has 238 valence electrons. The Balaban J connectivity index is 1.28. The molecular formula is C35H47N3O6. The zero-order chi connectivity index (χ0) is 31.1. The van der Waals surface area contributed by atoms with Gasteiger partial charge in [-0.05, 0) is 48.4 Å². The Hall–Kier alpha value is -3.40. The lowest BCUT2D eigenvalue weighted by Crippen LogP contribution is -2.50. The quantitative estimate of drug-likeness (QED) is 0.201. The van der Waals surface area contributed by atoms with Crippen LogP contribution in [0, 0.1) is 11.8 Å². The van der Waals surface area contributed by atoms with Crippen molar-refractivity contribution in [3.05, 3.63) is 80.1 Å². The Kier molecular flexibility index (Phi) is 11.0. The number of piperidine rings is 1. The Morgan fingerprint density at radius 3 is 2.30 bits per heavy atom. The van der Waals surface area contributed by atoms with Gasteiger partial charge in [0.25, 0.3) is 10.9 Å². The monoisotopic (exact) mass is 605 g/mol. The molecule has 1 aliphatic carbocycles. The fourth-order valence-electron chi connectivity index (χ4n) is 6.96. The molecule has 1 saturated heterocycles. The molecule has 44 heavy (non-hydrogen) atoms. The highest BCUT2D eigenvalue weighted by molar-refractivity contribution is 5.75. The first kappa shape index (κ1) is 32.0. The minimum atomic E-state index is -0.782. The molecule has 0 radical (unpaired) electrons. The number of aliphatic hydroxyl groups excluding tert-OH is 2. The number of ether oxygens (including phenoxy) is 2.